The van der Waals surface area contributed by atoms with Gasteiger partial charge in [0.25, 0.3) is 0 Å². The number of carbonyl (C=O) groups is 1. The third kappa shape index (κ3) is 5.24. The molecule has 2 rings (SSSR count). The lowest BCUT2D eigenvalue weighted by molar-refractivity contribution is -0.116. The highest BCUT2D eigenvalue weighted by molar-refractivity contribution is 5.89. The maximum Gasteiger partial charge on any atom is 0.229 e. The zero-order valence-corrected chi connectivity index (χ0v) is 12.2. The summed E-state index contributed by atoms with van der Waals surface area (Å²) < 4.78 is 5.46. The molecule has 0 aliphatic heterocycles. The summed E-state index contributed by atoms with van der Waals surface area (Å²) in [5.41, 5.74) is 0. The molecule has 1 heterocycles. The number of amides is 1. The predicted octanol–water partition coefficient (Wildman–Crippen LogP) is 2.48. The van der Waals surface area contributed by atoms with Gasteiger partial charge in [-0.25, -0.2) is 0 Å². The number of aromatic nitrogens is 2. The molecule has 0 fully saturated rings. The molecule has 0 spiro atoms. The summed E-state index contributed by atoms with van der Waals surface area (Å²) in [6.45, 7) is 4.52. The van der Waals surface area contributed by atoms with E-state index in [4.69, 9.17) is 4.74 Å². The normalized spacial score (nSPS) is 9.82. The molecular weight excluding hydrogens is 280 g/mol. The van der Waals surface area contributed by atoms with Crippen LogP contribution in [-0.2, 0) is 4.79 Å². The summed E-state index contributed by atoms with van der Waals surface area (Å²) in [7, 11) is 0. The van der Waals surface area contributed by atoms with E-state index in [1.165, 1.54) is 0 Å². The molecule has 6 heteroatoms. The van der Waals surface area contributed by atoms with Crippen molar-refractivity contribution < 1.29 is 9.53 Å². The van der Waals surface area contributed by atoms with Crippen molar-refractivity contribution in [2.75, 3.05) is 23.8 Å². The summed E-state index contributed by atoms with van der Waals surface area (Å²) in [6.07, 6.45) is 1.97. The van der Waals surface area contributed by atoms with Crippen LogP contribution in [0.2, 0.25) is 0 Å². The van der Waals surface area contributed by atoms with Gasteiger partial charge in [0.2, 0.25) is 5.91 Å². The summed E-state index contributed by atoms with van der Waals surface area (Å²) in [6, 6.07) is 12.8. The molecule has 0 unspecified atom stereocenters. The van der Waals surface area contributed by atoms with E-state index in [9.17, 15) is 4.79 Å². The van der Waals surface area contributed by atoms with E-state index in [2.05, 4.69) is 27.4 Å². The standard InChI is InChI=1S/C16H18N4O2/c1-2-11-17-14-8-9-15(20-19-14)18-16(21)10-12-22-13-6-4-3-5-7-13/h2-9H,1,10-12H2,(H,17,19)(H,18,20,21). The SMILES string of the molecule is C=CCNc1ccc(NC(=O)CCOc2ccccc2)nn1. The molecule has 0 aliphatic carbocycles. The van der Waals surface area contributed by atoms with Gasteiger partial charge in [-0.1, -0.05) is 24.3 Å². The number of hydrogen-bond donors (Lipinski definition) is 2. The quantitative estimate of drug-likeness (QED) is 0.732. The predicted molar refractivity (Wildman–Crippen MR) is 85.9 cm³/mol. The molecule has 1 amide bonds. The molecule has 0 saturated carbocycles. The Morgan fingerprint density at radius 2 is 1.86 bits per heavy atom. The van der Waals surface area contributed by atoms with Crippen LogP contribution in [0.5, 0.6) is 5.75 Å². The summed E-state index contributed by atoms with van der Waals surface area (Å²) in [4.78, 5) is 11.8. The van der Waals surface area contributed by atoms with Crippen molar-refractivity contribution in [1.82, 2.24) is 10.2 Å². The van der Waals surface area contributed by atoms with Crippen molar-refractivity contribution in [3.63, 3.8) is 0 Å². The lowest BCUT2D eigenvalue weighted by Crippen LogP contribution is -2.16. The van der Waals surface area contributed by atoms with E-state index in [1.54, 1.807) is 18.2 Å². The van der Waals surface area contributed by atoms with Gasteiger partial charge < -0.3 is 15.4 Å². The Hall–Kier alpha value is -2.89. The molecule has 6 nitrogen and oxygen atoms in total. The van der Waals surface area contributed by atoms with Gasteiger partial charge in [0, 0.05) is 6.54 Å². The molecule has 0 aliphatic rings. The maximum absolute atomic E-state index is 11.8. The third-order valence-corrected chi connectivity index (χ3v) is 2.70. The molecule has 0 radical (unpaired) electrons. The van der Waals surface area contributed by atoms with E-state index in [1.807, 2.05) is 30.3 Å². The number of anilines is 2. The average Bonchev–Trinajstić information content (AvgIpc) is 2.55. The number of nitrogens with zero attached hydrogens (tertiary/aromatic N) is 2. The number of hydrogen-bond acceptors (Lipinski definition) is 5. The highest BCUT2D eigenvalue weighted by atomic mass is 16.5. The average molecular weight is 298 g/mol. The minimum absolute atomic E-state index is 0.169. The Kier molecular flexibility index (Phi) is 5.92. The van der Waals surface area contributed by atoms with Crippen molar-refractivity contribution in [3.8, 4) is 5.75 Å². The van der Waals surface area contributed by atoms with Crippen molar-refractivity contribution >= 4 is 17.5 Å². The van der Waals surface area contributed by atoms with Gasteiger partial charge in [0.05, 0.1) is 13.0 Å². The second kappa shape index (κ2) is 8.41. The molecule has 114 valence electrons. The molecule has 2 N–H and O–H groups in total. The highest BCUT2D eigenvalue weighted by Gasteiger charge is 2.04. The first kappa shape index (κ1) is 15.5. The zero-order chi connectivity index (χ0) is 15.6. The maximum atomic E-state index is 11.8. The van der Waals surface area contributed by atoms with Crippen LogP contribution in [0.3, 0.4) is 0 Å². The van der Waals surface area contributed by atoms with E-state index in [0.717, 1.165) is 5.75 Å². The van der Waals surface area contributed by atoms with Crippen LogP contribution < -0.4 is 15.4 Å². The zero-order valence-electron chi connectivity index (χ0n) is 12.2. The smallest absolute Gasteiger partial charge is 0.229 e. The van der Waals surface area contributed by atoms with Crippen molar-refractivity contribution in [2.45, 2.75) is 6.42 Å². The Morgan fingerprint density at radius 3 is 2.55 bits per heavy atom. The van der Waals surface area contributed by atoms with Crippen LogP contribution in [0.25, 0.3) is 0 Å². The second-order valence-corrected chi connectivity index (χ2v) is 4.43. The summed E-state index contributed by atoms with van der Waals surface area (Å²) in [5, 5.41) is 13.5. The van der Waals surface area contributed by atoms with Gasteiger partial charge in [-0.2, -0.15) is 0 Å². The number of para-hydroxylation sites is 1. The lowest BCUT2D eigenvalue weighted by Gasteiger charge is -2.07. The van der Waals surface area contributed by atoms with Gasteiger partial charge in [0.15, 0.2) is 5.82 Å². The minimum Gasteiger partial charge on any atom is -0.493 e. The molecule has 1 aromatic carbocycles. The van der Waals surface area contributed by atoms with Crippen LogP contribution in [0, 0.1) is 0 Å². The lowest BCUT2D eigenvalue weighted by atomic mass is 10.3. The molecule has 0 atom stereocenters. The Balaban J connectivity index is 1.73. The molecule has 22 heavy (non-hydrogen) atoms. The van der Waals surface area contributed by atoms with Crippen molar-refractivity contribution in [2.24, 2.45) is 0 Å². The summed E-state index contributed by atoms with van der Waals surface area (Å²) >= 11 is 0. The highest BCUT2D eigenvalue weighted by Crippen LogP contribution is 2.09. The molecule has 0 saturated heterocycles. The van der Waals surface area contributed by atoms with E-state index in [0.29, 0.717) is 24.8 Å². The van der Waals surface area contributed by atoms with Crippen molar-refractivity contribution in [1.29, 1.82) is 0 Å². The van der Waals surface area contributed by atoms with Crippen molar-refractivity contribution in [3.05, 3.63) is 55.1 Å². The fourth-order valence-corrected chi connectivity index (χ4v) is 1.65. The Labute approximate surface area is 129 Å². The number of ether oxygens (including phenoxy) is 1. The van der Waals surface area contributed by atoms with Gasteiger partial charge in [-0.15, -0.1) is 16.8 Å². The number of carbonyl (C=O) groups excluding carboxylic acids is 1. The second-order valence-electron chi connectivity index (χ2n) is 4.43. The van der Waals surface area contributed by atoms with Crippen LogP contribution >= 0.6 is 0 Å². The molecule has 1 aromatic heterocycles. The fraction of sp³-hybridized carbons (Fsp3) is 0.188. The van der Waals surface area contributed by atoms with Gasteiger partial charge in [0.1, 0.15) is 11.6 Å². The Morgan fingerprint density at radius 1 is 1.14 bits per heavy atom. The largest absolute Gasteiger partial charge is 0.493 e. The van der Waals surface area contributed by atoms with Crippen LogP contribution in [-0.4, -0.2) is 29.3 Å². The van der Waals surface area contributed by atoms with Crippen LogP contribution in [0.4, 0.5) is 11.6 Å². The number of benzene rings is 1. The monoisotopic (exact) mass is 298 g/mol. The first-order valence-electron chi connectivity index (χ1n) is 6.94. The first-order chi connectivity index (χ1) is 10.8. The number of rotatable bonds is 8. The van der Waals surface area contributed by atoms with E-state index >= 15 is 0 Å². The van der Waals surface area contributed by atoms with Crippen LogP contribution in [0.15, 0.2) is 55.1 Å². The Bertz CT molecular complexity index is 599. The van der Waals surface area contributed by atoms with E-state index < -0.39 is 0 Å². The van der Waals surface area contributed by atoms with Crippen LogP contribution in [0.1, 0.15) is 6.42 Å². The first-order valence-corrected chi connectivity index (χ1v) is 6.94. The molecule has 0 bridgehead atoms. The minimum atomic E-state index is -0.169. The topological polar surface area (TPSA) is 76.1 Å². The van der Waals surface area contributed by atoms with Gasteiger partial charge >= 0.3 is 0 Å². The third-order valence-electron chi connectivity index (χ3n) is 2.70. The van der Waals surface area contributed by atoms with Gasteiger partial charge in [-0.05, 0) is 24.3 Å². The molecule has 2 aromatic rings. The fourth-order valence-electron chi connectivity index (χ4n) is 1.65. The van der Waals surface area contributed by atoms with Gasteiger partial charge in [-0.3, -0.25) is 4.79 Å². The van der Waals surface area contributed by atoms with E-state index in [-0.39, 0.29) is 12.3 Å². The molecular formula is C16H18N4O2. The summed E-state index contributed by atoms with van der Waals surface area (Å²) in [5.74, 6) is 1.61. The number of nitrogens with one attached hydrogen (secondary N) is 2.